The number of halogens is 5. The number of hydrogen-bond donors (Lipinski definition) is 2. The Morgan fingerprint density at radius 2 is 1.20 bits per heavy atom. The summed E-state index contributed by atoms with van der Waals surface area (Å²) in [6.07, 6.45) is 9.38. The molecule has 0 radical (unpaired) electrons. The number of amides is 1. The van der Waals surface area contributed by atoms with E-state index in [0.29, 0.717) is 54.6 Å². The fourth-order valence-electron chi connectivity index (χ4n) is 4.18. The van der Waals surface area contributed by atoms with Gasteiger partial charge in [0.05, 0.1) is 53.6 Å². The first-order chi connectivity index (χ1) is 23.5. The quantitative estimate of drug-likeness (QED) is 0.139. The molecule has 0 saturated heterocycles. The highest BCUT2D eigenvalue weighted by Crippen LogP contribution is 2.36. The molecule has 10 nitrogen and oxygen atoms in total. The molecule has 0 saturated carbocycles. The Morgan fingerprint density at radius 1 is 0.735 bits per heavy atom. The third kappa shape index (κ3) is 10.3. The van der Waals surface area contributed by atoms with Gasteiger partial charge in [0.25, 0.3) is 0 Å². The summed E-state index contributed by atoms with van der Waals surface area (Å²) in [6.45, 7) is 3.87. The molecule has 0 aliphatic carbocycles. The van der Waals surface area contributed by atoms with Crippen molar-refractivity contribution in [2.75, 3.05) is 11.1 Å². The Morgan fingerprint density at radius 3 is 1.61 bits per heavy atom. The number of anilines is 2. The van der Waals surface area contributed by atoms with Gasteiger partial charge in [-0.25, -0.2) is 19.3 Å². The largest absolute Gasteiger partial charge is 0.375 e. The summed E-state index contributed by atoms with van der Waals surface area (Å²) in [5, 5.41) is 14.3. The Hall–Kier alpha value is -3.49. The lowest BCUT2D eigenvalue weighted by Crippen LogP contribution is -2.09. The average Bonchev–Trinajstić information content (AvgIpc) is 3.86. The summed E-state index contributed by atoms with van der Waals surface area (Å²) < 4.78 is 3.37. The van der Waals surface area contributed by atoms with Gasteiger partial charge in [-0.15, -0.1) is 0 Å². The normalized spacial score (nSPS) is 10.5. The van der Waals surface area contributed by atoms with Crippen molar-refractivity contribution in [3.63, 3.8) is 0 Å². The van der Waals surface area contributed by atoms with Gasteiger partial charge in [0, 0.05) is 25.2 Å². The number of rotatable bonds is 9. The molecule has 256 valence electrons. The third-order valence-electron chi connectivity index (χ3n) is 6.29. The van der Waals surface area contributed by atoms with Crippen molar-refractivity contribution in [3.05, 3.63) is 93.4 Å². The molecule has 0 fully saturated rings. The van der Waals surface area contributed by atoms with Crippen LogP contribution in [0.5, 0.6) is 0 Å². The topological polar surface area (TPSA) is 134 Å². The summed E-state index contributed by atoms with van der Waals surface area (Å²) in [5.74, 6) is -0.0407. The van der Waals surface area contributed by atoms with E-state index in [0.717, 1.165) is 34.0 Å². The molecular formula is C32H29Cl5N8O2S2. The van der Waals surface area contributed by atoms with Crippen molar-refractivity contribution in [1.29, 1.82) is 0 Å². The zero-order valence-corrected chi connectivity index (χ0v) is 31.5. The summed E-state index contributed by atoms with van der Waals surface area (Å²) in [6, 6.07) is 14.4. The van der Waals surface area contributed by atoms with Crippen LogP contribution in [-0.2, 0) is 9.59 Å². The van der Waals surface area contributed by atoms with Crippen LogP contribution in [0, 0.1) is 0 Å². The maximum Gasteiger partial charge on any atom is 0.226 e. The van der Waals surface area contributed by atoms with Crippen molar-refractivity contribution < 1.29 is 9.59 Å². The van der Waals surface area contributed by atoms with Crippen LogP contribution in [0.2, 0.25) is 20.1 Å². The van der Waals surface area contributed by atoms with E-state index >= 15 is 0 Å². The zero-order valence-electron chi connectivity index (χ0n) is 26.0. The summed E-state index contributed by atoms with van der Waals surface area (Å²) in [5.41, 5.74) is 8.58. The van der Waals surface area contributed by atoms with Gasteiger partial charge in [-0.05, 0) is 60.8 Å². The Balaban J connectivity index is 0.000000193. The first-order valence-corrected chi connectivity index (χ1v) is 18.2. The van der Waals surface area contributed by atoms with E-state index in [1.807, 2.05) is 26.0 Å². The number of nitrogens with one attached hydrogen (secondary N) is 1. The molecule has 6 rings (SSSR count). The number of carbonyl (C=O) groups is 2. The number of hydrogen-bond acceptors (Lipinski definition) is 9. The van der Waals surface area contributed by atoms with Crippen LogP contribution in [0.3, 0.4) is 0 Å². The van der Waals surface area contributed by atoms with E-state index in [1.54, 1.807) is 70.5 Å². The van der Waals surface area contributed by atoms with E-state index in [-0.39, 0.29) is 11.1 Å². The Labute approximate surface area is 315 Å². The predicted molar refractivity (Wildman–Crippen MR) is 203 cm³/mol. The number of nitrogen functional groups attached to an aromatic ring is 1. The lowest BCUT2D eigenvalue weighted by atomic mass is 10.3. The molecule has 0 aliphatic heterocycles. The first kappa shape index (κ1) is 38.3. The van der Waals surface area contributed by atoms with Gasteiger partial charge in [-0.1, -0.05) is 95.1 Å². The Bertz CT molecular complexity index is 1980. The fourth-order valence-corrected chi connectivity index (χ4v) is 7.02. The standard InChI is InChI=1S/C16H14Cl2N4OS.C12H8Cl2N4S.C4H7ClO/c1-2-4-14(23)21-16-19-9-13(24-16)12-7-8-20-22(12)15-10(17)5-3-6-11(15)18;13-7-2-1-3-8(14)11(7)18-9(4-5-17-18)10-6-16-12(15)19-10;1-2-3-4(5)6/h3,5-9H,2,4H2,1H3,(H,19,21,23);1-6H,(H2,15,16);2-3H2,1H3. The maximum absolute atomic E-state index is 11.7. The smallest absolute Gasteiger partial charge is 0.226 e. The number of carbonyl (C=O) groups excluding carboxylic acids is 2. The molecule has 0 unspecified atom stereocenters. The van der Waals surface area contributed by atoms with E-state index in [2.05, 4.69) is 25.5 Å². The number of nitrogens with zero attached hydrogens (tertiary/aromatic N) is 6. The molecule has 4 heterocycles. The highest BCUT2D eigenvalue weighted by molar-refractivity contribution is 7.19. The van der Waals surface area contributed by atoms with Crippen molar-refractivity contribution in [3.8, 4) is 32.5 Å². The second-order valence-electron chi connectivity index (χ2n) is 9.89. The molecule has 49 heavy (non-hydrogen) atoms. The van der Waals surface area contributed by atoms with E-state index < -0.39 is 0 Å². The van der Waals surface area contributed by atoms with Crippen molar-refractivity contribution in [2.45, 2.75) is 39.5 Å². The van der Waals surface area contributed by atoms with Crippen molar-refractivity contribution in [1.82, 2.24) is 29.5 Å². The minimum atomic E-state index is -0.238. The molecule has 17 heteroatoms. The van der Waals surface area contributed by atoms with Crippen molar-refractivity contribution >= 4 is 102 Å². The number of thiazole rings is 2. The van der Waals surface area contributed by atoms with Crippen LogP contribution in [0.4, 0.5) is 10.3 Å². The molecule has 4 aromatic heterocycles. The van der Waals surface area contributed by atoms with E-state index in [9.17, 15) is 9.59 Å². The van der Waals surface area contributed by atoms with Gasteiger partial charge in [-0.2, -0.15) is 10.2 Å². The molecule has 3 N–H and O–H groups in total. The minimum Gasteiger partial charge on any atom is -0.375 e. The molecule has 0 spiro atoms. The van der Waals surface area contributed by atoms with Crippen LogP contribution in [0.25, 0.3) is 32.5 Å². The third-order valence-corrected chi connectivity index (χ3v) is 9.48. The molecule has 1 amide bonds. The van der Waals surface area contributed by atoms with Gasteiger partial charge >= 0.3 is 0 Å². The molecule has 6 aromatic rings. The van der Waals surface area contributed by atoms with Crippen LogP contribution in [0.1, 0.15) is 39.5 Å². The molecule has 2 aromatic carbocycles. The second kappa shape index (κ2) is 18.5. The highest BCUT2D eigenvalue weighted by Gasteiger charge is 2.17. The van der Waals surface area contributed by atoms with Gasteiger partial charge < -0.3 is 11.1 Å². The molecule has 0 atom stereocenters. The zero-order chi connectivity index (χ0) is 35.5. The van der Waals surface area contributed by atoms with Gasteiger partial charge in [0.1, 0.15) is 11.4 Å². The van der Waals surface area contributed by atoms with Crippen LogP contribution in [0.15, 0.2) is 73.3 Å². The lowest BCUT2D eigenvalue weighted by molar-refractivity contribution is -0.116. The first-order valence-electron chi connectivity index (χ1n) is 14.7. The van der Waals surface area contributed by atoms with Gasteiger partial charge in [0.2, 0.25) is 11.1 Å². The Kier molecular flexibility index (Phi) is 14.5. The summed E-state index contributed by atoms with van der Waals surface area (Å²) in [4.78, 5) is 31.6. The van der Waals surface area contributed by atoms with Crippen molar-refractivity contribution in [2.24, 2.45) is 0 Å². The molecule has 0 aliphatic rings. The van der Waals surface area contributed by atoms with Gasteiger partial charge in [0.15, 0.2) is 10.3 Å². The SMILES string of the molecule is CCCC(=O)Cl.CCCC(=O)Nc1ncc(-c2ccnn2-c2c(Cl)cccc2Cl)s1.Nc1ncc(-c2ccnn2-c2c(Cl)cccc2Cl)s1. The van der Waals surface area contributed by atoms with Crippen LogP contribution < -0.4 is 11.1 Å². The van der Waals surface area contributed by atoms with E-state index in [1.165, 1.54) is 22.7 Å². The summed E-state index contributed by atoms with van der Waals surface area (Å²) >= 11 is 32.7. The highest BCUT2D eigenvalue weighted by atomic mass is 35.5. The van der Waals surface area contributed by atoms with Crippen LogP contribution >= 0.6 is 80.7 Å². The minimum absolute atomic E-state index is 0.0407. The number of benzene rings is 2. The molecular weight excluding hydrogens is 770 g/mol. The van der Waals surface area contributed by atoms with Crippen LogP contribution in [-0.4, -0.2) is 40.7 Å². The number of nitrogens with two attached hydrogens (primary N) is 1. The maximum atomic E-state index is 11.7. The number of para-hydroxylation sites is 2. The average molecular weight is 799 g/mol. The monoisotopic (exact) mass is 796 g/mol. The summed E-state index contributed by atoms with van der Waals surface area (Å²) in [7, 11) is 0. The van der Waals surface area contributed by atoms with E-state index in [4.69, 9.17) is 63.7 Å². The lowest BCUT2D eigenvalue weighted by Gasteiger charge is -2.09. The second-order valence-corrected chi connectivity index (χ2v) is 14.0. The fraction of sp³-hybridized carbons (Fsp3) is 0.188. The predicted octanol–water partition coefficient (Wildman–Crippen LogP) is 10.5. The van der Waals surface area contributed by atoms with Gasteiger partial charge in [-0.3, -0.25) is 9.59 Å². The number of aromatic nitrogens is 6. The molecule has 0 bridgehead atoms.